The Morgan fingerprint density at radius 3 is 2.50 bits per heavy atom. The number of ether oxygens (including phenoxy) is 1. The second kappa shape index (κ2) is 10.1. The van der Waals surface area contributed by atoms with Gasteiger partial charge in [-0.15, -0.1) is 0 Å². The van der Waals surface area contributed by atoms with Crippen molar-refractivity contribution in [1.29, 1.82) is 0 Å². The molecule has 0 aliphatic carbocycles. The van der Waals surface area contributed by atoms with Gasteiger partial charge in [0.05, 0.1) is 5.69 Å². The Morgan fingerprint density at radius 1 is 1.00 bits per heavy atom. The molecular weight excluding hydrogens is 374 g/mol. The average Bonchev–Trinajstić information content (AvgIpc) is 2.76. The van der Waals surface area contributed by atoms with Gasteiger partial charge in [0, 0.05) is 31.7 Å². The second-order valence-corrected chi connectivity index (χ2v) is 8.71. The topological polar surface area (TPSA) is 44.8 Å². The first-order valence-electron chi connectivity index (χ1n) is 11.2. The number of anilines is 1. The molecule has 1 N–H and O–H groups in total. The van der Waals surface area contributed by atoms with Gasteiger partial charge in [-0.3, -0.25) is 5.32 Å². The molecule has 0 bridgehead atoms. The van der Waals surface area contributed by atoms with Gasteiger partial charge in [-0.25, -0.2) is 4.79 Å². The highest BCUT2D eigenvalue weighted by Gasteiger charge is 2.26. The smallest absolute Gasteiger partial charge is 0.411 e. The summed E-state index contributed by atoms with van der Waals surface area (Å²) in [5, 5.41) is 2.96. The van der Waals surface area contributed by atoms with E-state index in [1.165, 1.54) is 32.5 Å². The van der Waals surface area contributed by atoms with E-state index in [9.17, 15) is 4.79 Å². The van der Waals surface area contributed by atoms with Crippen molar-refractivity contribution in [3.8, 4) is 11.1 Å². The molecule has 160 valence electrons. The molecule has 0 radical (unpaired) electrons. The molecule has 2 aromatic carbocycles. The van der Waals surface area contributed by atoms with Crippen LogP contribution in [0, 0.1) is 5.92 Å². The zero-order valence-electron chi connectivity index (χ0n) is 17.9. The minimum absolute atomic E-state index is 0.000771. The Balaban J connectivity index is 1.26. The Kier molecular flexibility index (Phi) is 7.03. The molecule has 4 rings (SSSR count). The molecule has 0 saturated carbocycles. The van der Waals surface area contributed by atoms with E-state index in [-0.39, 0.29) is 12.2 Å². The number of carbonyl (C=O) groups is 1. The lowest BCUT2D eigenvalue weighted by Gasteiger charge is -2.37. The van der Waals surface area contributed by atoms with Gasteiger partial charge in [0.15, 0.2) is 0 Å². The van der Waals surface area contributed by atoms with Gasteiger partial charge in [0.2, 0.25) is 0 Å². The summed E-state index contributed by atoms with van der Waals surface area (Å²) >= 11 is 0. The maximum Gasteiger partial charge on any atom is 0.411 e. The molecule has 0 spiro atoms. The minimum Gasteiger partial charge on any atom is -0.446 e. The van der Waals surface area contributed by atoms with Gasteiger partial charge >= 0.3 is 6.09 Å². The molecule has 1 unspecified atom stereocenters. The van der Waals surface area contributed by atoms with Gasteiger partial charge in [0.25, 0.3) is 0 Å². The number of rotatable bonds is 5. The number of piperidine rings is 2. The van der Waals surface area contributed by atoms with Crippen molar-refractivity contribution in [2.24, 2.45) is 5.92 Å². The number of hydrogen-bond acceptors (Lipinski definition) is 4. The van der Waals surface area contributed by atoms with Gasteiger partial charge < -0.3 is 14.5 Å². The van der Waals surface area contributed by atoms with E-state index in [4.69, 9.17) is 4.74 Å². The summed E-state index contributed by atoms with van der Waals surface area (Å²) in [7, 11) is 2.22. The van der Waals surface area contributed by atoms with E-state index in [1.807, 2.05) is 54.6 Å². The summed E-state index contributed by atoms with van der Waals surface area (Å²) in [6.07, 6.45) is 4.12. The lowest BCUT2D eigenvalue weighted by atomic mass is 9.96. The van der Waals surface area contributed by atoms with Crippen LogP contribution in [0.5, 0.6) is 0 Å². The van der Waals surface area contributed by atoms with Gasteiger partial charge in [0.1, 0.15) is 6.10 Å². The van der Waals surface area contributed by atoms with Gasteiger partial charge in [-0.2, -0.15) is 0 Å². The van der Waals surface area contributed by atoms with E-state index in [2.05, 4.69) is 22.2 Å². The summed E-state index contributed by atoms with van der Waals surface area (Å²) in [6, 6.07) is 18.0. The summed E-state index contributed by atoms with van der Waals surface area (Å²) in [6.45, 7) is 5.64. The number of carbonyl (C=O) groups excluding carboxylic acids is 1. The number of para-hydroxylation sites is 1. The monoisotopic (exact) mass is 407 g/mol. The molecule has 2 saturated heterocycles. The van der Waals surface area contributed by atoms with Gasteiger partial charge in [-0.05, 0) is 56.8 Å². The van der Waals surface area contributed by atoms with E-state index < -0.39 is 0 Å². The zero-order chi connectivity index (χ0) is 20.8. The van der Waals surface area contributed by atoms with Crippen molar-refractivity contribution < 1.29 is 9.53 Å². The Bertz CT molecular complexity index is 818. The van der Waals surface area contributed by atoms with Crippen LogP contribution in [0.15, 0.2) is 54.6 Å². The number of hydrogen-bond donors (Lipinski definition) is 1. The standard InChI is InChI=1S/C25H33N3O2/c1-27-15-7-8-20(18-27)19-28-16-13-22(14-17-28)30-25(29)26-24-12-6-5-11-23(24)21-9-3-2-4-10-21/h2-6,9-12,20,22H,7-8,13-19H2,1H3,(H,26,29). The maximum atomic E-state index is 12.5. The molecule has 2 aromatic rings. The number of nitrogens with one attached hydrogen (secondary N) is 1. The number of amides is 1. The highest BCUT2D eigenvalue weighted by atomic mass is 16.6. The third kappa shape index (κ3) is 5.61. The zero-order valence-corrected chi connectivity index (χ0v) is 17.9. The van der Waals surface area contributed by atoms with Crippen molar-refractivity contribution in [2.75, 3.05) is 45.1 Å². The first-order chi connectivity index (χ1) is 14.7. The summed E-state index contributed by atoms with van der Waals surface area (Å²) in [4.78, 5) is 17.5. The third-order valence-electron chi connectivity index (χ3n) is 6.30. The summed E-state index contributed by atoms with van der Waals surface area (Å²) < 4.78 is 5.76. The number of nitrogens with zero attached hydrogens (tertiary/aromatic N) is 2. The van der Waals surface area contributed by atoms with Crippen molar-refractivity contribution in [2.45, 2.75) is 31.8 Å². The maximum absolute atomic E-state index is 12.5. The highest BCUT2D eigenvalue weighted by molar-refractivity contribution is 5.91. The fourth-order valence-corrected chi connectivity index (χ4v) is 4.75. The Labute approximate surface area is 180 Å². The van der Waals surface area contributed by atoms with Crippen LogP contribution < -0.4 is 5.32 Å². The first-order valence-corrected chi connectivity index (χ1v) is 11.2. The SMILES string of the molecule is CN1CCCC(CN2CCC(OC(=O)Nc3ccccc3-c3ccccc3)CC2)C1. The third-order valence-corrected chi connectivity index (χ3v) is 6.30. The van der Waals surface area contributed by atoms with Crippen LogP contribution in [0.25, 0.3) is 11.1 Å². The average molecular weight is 408 g/mol. The molecule has 5 heteroatoms. The Morgan fingerprint density at radius 2 is 1.73 bits per heavy atom. The predicted molar refractivity (Wildman–Crippen MR) is 122 cm³/mol. The van der Waals surface area contributed by atoms with Crippen molar-refractivity contribution in [3.63, 3.8) is 0 Å². The largest absolute Gasteiger partial charge is 0.446 e. The molecule has 2 heterocycles. The van der Waals surface area contributed by atoms with Gasteiger partial charge in [-0.1, -0.05) is 48.5 Å². The van der Waals surface area contributed by atoms with Crippen LogP contribution in [0.2, 0.25) is 0 Å². The quantitative estimate of drug-likeness (QED) is 0.780. The first kappa shape index (κ1) is 20.9. The molecule has 1 amide bonds. The number of likely N-dealkylation sites (tertiary alicyclic amines) is 2. The molecule has 2 aliphatic heterocycles. The predicted octanol–water partition coefficient (Wildman–Crippen LogP) is 4.71. The van der Waals surface area contributed by atoms with E-state index in [0.717, 1.165) is 48.7 Å². The molecule has 30 heavy (non-hydrogen) atoms. The molecule has 0 aromatic heterocycles. The normalized spacial score (nSPS) is 21.3. The molecular formula is C25H33N3O2. The molecule has 2 fully saturated rings. The second-order valence-electron chi connectivity index (χ2n) is 8.71. The van der Waals surface area contributed by atoms with Crippen molar-refractivity contribution in [1.82, 2.24) is 9.80 Å². The fraction of sp³-hybridized carbons (Fsp3) is 0.480. The summed E-state index contributed by atoms with van der Waals surface area (Å²) in [5.41, 5.74) is 2.87. The van der Waals surface area contributed by atoms with Crippen LogP contribution >= 0.6 is 0 Å². The Hall–Kier alpha value is -2.37. The van der Waals surface area contributed by atoms with Crippen LogP contribution in [-0.2, 0) is 4.74 Å². The van der Waals surface area contributed by atoms with Crippen LogP contribution in [-0.4, -0.2) is 61.8 Å². The van der Waals surface area contributed by atoms with E-state index >= 15 is 0 Å². The minimum atomic E-state index is -0.356. The highest BCUT2D eigenvalue weighted by Crippen LogP contribution is 2.28. The lowest BCUT2D eigenvalue weighted by molar-refractivity contribution is 0.0486. The van der Waals surface area contributed by atoms with Crippen LogP contribution in [0.1, 0.15) is 25.7 Å². The molecule has 5 nitrogen and oxygen atoms in total. The van der Waals surface area contributed by atoms with E-state index in [0.29, 0.717) is 0 Å². The van der Waals surface area contributed by atoms with Crippen molar-refractivity contribution in [3.05, 3.63) is 54.6 Å². The fourth-order valence-electron chi connectivity index (χ4n) is 4.75. The summed E-state index contributed by atoms with van der Waals surface area (Å²) in [5.74, 6) is 0.777. The van der Waals surface area contributed by atoms with Crippen LogP contribution in [0.3, 0.4) is 0 Å². The molecule has 1 atom stereocenters. The van der Waals surface area contributed by atoms with E-state index in [1.54, 1.807) is 0 Å². The molecule has 2 aliphatic rings. The lowest BCUT2D eigenvalue weighted by Crippen LogP contribution is -2.44. The van der Waals surface area contributed by atoms with Crippen molar-refractivity contribution >= 4 is 11.8 Å². The van der Waals surface area contributed by atoms with Crippen LogP contribution in [0.4, 0.5) is 10.5 Å². The number of benzene rings is 2.